The van der Waals surface area contributed by atoms with Crippen molar-refractivity contribution in [2.75, 3.05) is 5.33 Å². The average Bonchev–Trinajstić information content (AvgIpc) is 2.27. The second-order valence-electron chi connectivity index (χ2n) is 3.57. The number of hydrogen-bond acceptors (Lipinski definition) is 0. The third kappa shape index (κ3) is 2.81. The first-order chi connectivity index (χ1) is 6.73. The molecule has 0 spiro atoms. The smallest absolute Gasteiger partial charge is 0.145 e. The van der Waals surface area contributed by atoms with Crippen LogP contribution < -0.4 is 0 Å². The molecule has 0 radical (unpaired) electrons. The molecule has 78 valence electrons. The van der Waals surface area contributed by atoms with E-state index in [1.807, 2.05) is 30.3 Å². The summed E-state index contributed by atoms with van der Waals surface area (Å²) in [4.78, 5) is 0. The first-order valence-electron chi connectivity index (χ1n) is 5.03. The molecule has 1 aromatic rings. The summed E-state index contributed by atoms with van der Waals surface area (Å²) in [6.07, 6.45) is 2.56. The van der Waals surface area contributed by atoms with Crippen molar-refractivity contribution in [1.29, 1.82) is 0 Å². The highest BCUT2D eigenvalue weighted by Gasteiger charge is 2.29. The summed E-state index contributed by atoms with van der Waals surface area (Å²) < 4.78 is 14.4. The average molecular weight is 259 g/mol. The van der Waals surface area contributed by atoms with E-state index in [-0.39, 0.29) is 0 Å². The van der Waals surface area contributed by atoms with Crippen LogP contribution in [0.1, 0.15) is 31.7 Å². The van der Waals surface area contributed by atoms with Gasteiger partial charge in [0.15, 0.2) is 0 Å². The van der Waals surface area contributed by atoms with Crippen LogP contribution in [0.3, 0.4) is 0 Å². The molecule has 0 aliphatic carbocycles. The van der Waals surface area contributed by atoms with E-state index in [1.54, 1.807) is 0 Å². The van der Waals surface area contributed by atoms with Crippen LogP contribution in [0, 0.1) is 0 Å². The fourth-order valence-electron chi connectivity index (χ4n) is 1.48. The van der Waals surface area contributed by atoms with E-state index in [1.165, 1.54) is 0 Å². The van der Waals surface area contributed by atoms with Gasteiger partial charge in [0.25, 0.3) is 0 Å². The molecule has 0 fully saturated rings. The quantitative estimate of drug-likeness (QED) is 0.686. The molecular formula is C12H16BrF. The molecule has 0 aromatic heterocycles. The largest absolute Gasteiger partial charge is 0.238 e. The Labute approximate surface area is 93.7 Å². The van der Waals surface area contributed by atoms with Gasteiger partial charge < -0.3 is 0 Å². The second-order valence-corrected chi connectivity index (χ2v) is 4.13. The Morgan fingerprint density at radius 2 is 1.93 bits per heavy atom. The molecule has 0 nitrogen and oxygen atoms in total. The van der Waals surface area contributed by atoms with Crippen molar-refractivity contribution in [3.8, 4) is 0 Å². The number of rotatable bonds is 5. The molecule has 0 saturated carbocycles. The maximum absolute atomic E-state index is 14.4. The summed E-state index contributed by atoms with van der Waals surface area (Å²) in [7, 11) is 0. The molecule has 1 rings (SSSR count). The third-order valence-electron chi connectivity index (χ3n) is 2.43. The van der Waals surface area contributed by atoms with Gasteiger partial charge in [0.1, 0.15) is 5.67 Å². The standard InChI is InChI=1S/C12H16BrF/c1-2-3-9-12(14,10-13)11-7-5-4-6-8-11/h4-8H,2-3,9-10H2,1H3/t12-/m0/s1. The molecular weight excluding hydrogens is 243 g/mol. The van der Waals surface area contributed by atoms with Crippen LogP contribution in [0.4, 0.5) is 4.39 Å². The fraction of sp³-hybridized carbons (Fsp3) is 0.500. The van der Waals surface area contributed by atoms with Crippen LogP contribution in [-0.4, -0.2) is 5.33 Å². The van der Waals surface area contributed by atoms with E-state index in [0.717, 1.165) is 18.4 Å². The molecule has 14 heavy (non-hydrogen) atoms. The summed E-state index contributed by atoms with van der Waals surface area (Å²) in [6.45, 7) is 2.08. The molecule has 0 unspecified atom stereocenters. The molecule has 0 heterocycles. The summed E-state index contributed by atoms with van der Waals surface area (Å²) in [5.74, 6) is 0. The zero-order chi connectivity index (χ0) is 10.4. The van der Waals surface area contributed by atoms with E-state index >= 15 is 0 Å². The van der Waals surface area contributed by atoms with E-state index in [4.69, 9.17) is 0 Å². The van der Waals surface area contributed by atoms with Gasteiger partial charge in [0.2, 0.25) is 0 Å². The first kappa shape index (κ1) is 11.7. The van der Waals surface area contributed by atoms with Gasteiger partial charge in [0.05, 0.1) is 0 Å². The minimum Gasteiger partial charge on any atom is -0.238 e. The molecule has 0 N–H and O–H groups in total. The lowest BCUT2D eigenvalue weighted by Gasteiger charge is -2.23. The summed E-state index contributed by atoms with van der Waals surface area (Å²) in [6, 6.07) is 9.41. The van der Waals surface area contributed by atoms with Gasteiger partial charge in [-0.25, -0.2) is 4.39 Å². The van der Waals surface area contributed by atoms with Crippen molar-refractivity contribution in [1.82, 2.24) is 0 Å². The van der Waals surface area contributed by atoms with Crippen molar-refractivity contribution in [3.63, 3.8) is 0 Å². The Morgan fingerprint density at radius 3 is 2.43 bits per heavy atom. The zero-order valence-corrected chi connectivity index (χ0v) is 10.1. The van der Waals surface area contributed by atoms with Crippen molar-refractivity contribution in [3.05, 3.63) is 35.9 Å². The highest BCUT2D eigenvalue weighted by Crippen LogP contribution is 2.33. The molecule has 2 heteroatoms. The first-order valence-corrected chi connectivity index (χ1v) is 6.15. The van der Waals surface area contributed by atoms with Gasteiger partial charge in [-0.15, -0.1) is 0 Å². The highest BCUT2D eigenvalue weighted by atomic mass is 79.9. The molecule has 0 aliphatic heterocycles. The number of benzene rings is 1. The van der Waals surface area contributed by atoms with E-state index in [2.05, 4.69) is 22.9 Å². The maximum atomic E-state index is 14.4. The van der Waals surface area contributed by atoms with Crippen LogP contribution in [0.25, 0.3) is 0 Å². The molecule has 1 atom stereocenters. The summed E-state index contributed by atoms with van der Waals surface area (Å²) in [5, 5.41) is 0.379. The topological polar surface area (TPSA) is 0 Å². The number of halogens is 2. The Morgan fingerprint density at radius 1 is 1.29 bits per heavy atom. The van der Waals surface area contributed by atoms with Crippen LogP contribution in [0.5, 0.6) is 0 Å². The van der Waals surface area contributed by atoms with Crippen LogP contribution >= 0.6 is 15.9 Å². The van der Waals surface area contributed by atoms with Gasteiger partial charge in [0, 0.05) is 5.33 Å². The summed E-state index contributed by atoms with van der Waals surface area (Å²) >= 11 is 3.26. The van der Waals surface area contributed by atoms with E-state index < -0.39 is 5.67 Å². The molecule has 0 amide bonds. The SMILES string of the molecule is CCCC[C@](F)(CBr)c1ccccc1. The van der Waals surface area contributed by atoms with Crippen molar-refractivity contribution in [2.24, 2.45) is 0 Å². The lowest BCUT2D eigenvalue weighted by Crippen LogP contribution is -2.21. The van der Waals surface area contributed by atoms with Crippen molar-refractivity contribution in [2.45, 2.75) is 31.9 Å². The van der Waals surface area contributed by atoms with Gasteiger partial charge in [-0.1, -0.05) is 66.0 Å². The normalized spacial score (nSPS) is 15.1. The van der Waals surface area contributed by atoms with Gasteiger partial charge in [-0.05, 0) is 12.0 Å². The molecule has 0 aliphatic rings. The number of unbranched alkanes of at least 4 members (excludes halogenated alkanes) is 1. The Bertz CT molecular complexity index is 260. The maximum Gasteiger partial charge on any atom is 0.145 e. The lowest BCUT2D eigenvalue weighted by atomic mass is 9.92. The van der Waals surface area contributed by atoms with E-state index in [0.29, 0.717) is 11.8 Å². The van der Waals surface area contributed by atoms with Gasteiger partial charge >= 0.3 is 0 Å². The van der Waals surface area contributed by atoms with Crippen LogP contribution in [0.2, 0.25) is 0 Å². The molecule has 0 saturated heterocycles. The Balaban J connectivity index is 2.79. The monoisotopic (exact) mass is 258 g/mol. The van der Waals surface area contributed by atoms with Crippen molar-refractivity contribution >= 4 is 15.9 Å². The Hall–Kier alpha value is -0.370. The Kier molecular flexibility index (Phi) is 4.59. The summed E-state index contributed by atoms with van der Waals surface area (Å²) in [5.41, 5.74) is -0.414. The lowest BCUT2D eigenvalue weighted by molar-refractivity contribution is 0.180. The number of alkyl halides is 2. The van der Waals surface area contributed by atoms with Gasteiger partial charge in [-0.3, -0.25) is 0 Å². The van der Waals surface area contributed by atoms with E-state index in [9.17, 15) is 4.39 Å². The number of hydrogen-bond donors (Lipinski definition) is 0. The van der Waals surface area contributed by atoms with Crippen molar-refractivity contribution < 1.29 is 4.39 Å². The minimum atomic E-state index is -1.20. The molecule has 0 bridgehead atoms. The highest BCUT2D eigenvalue weighted by molar-refractivity contribution is 9.09. The predicted octanol–water partition coefficient (Wildman–Crippen LogP) is 4.44. The predicted molar refractivity (Wildman–Crippen MR) is 62.5 cm³/mol. The third-order valence-corrected chi connectivity index (χ3v) is 3.32. The second kappa shape index (κ2) is 5.50. The van der Waals surface area contributed by atoms with Crippen LogP contribution in [-0.2, 0) is 5.67 Å². The fourth-order valence-corrected chi connectivity index (χ4v) is 2.09. The minimum absolute atomic E-state index is 0.379. The zero-order valence-electron chi connectivity index (χ0n) is 8.47. The van der Waals surface area contributed by atoms with Gasteiger partial charge in [-0.2, -0.15) is 0 Å². The molecule has 1 aromatic carbocycles. The van der Waals surface area contributed by atoms with Crippen LogP contribution in [0.15, 0.2) is 30.3 Å².